The Bertz CT molecular complexity index is 493. The van der Waals surface area contributed by atoms with Crippen molar-refractivity contribution in [1.29, 1.82) is 5.26 Å². The van der Waals surface area contributed by atoms with Crippen LogP contribution in [0.25, 0.3) is 0 Å². The van der Waals surface area contributed by atoms with Gasteiger partial charge in [-0.25, -0.2) is 8.78 Å². The maximum Gasteiger partial charge on any atom is 0.183 e. The summed E-state index contributed by atoms with van der Waals surface area (Å²) in [5, 5.41) is 8.68. The summed E-state index contributed by atoms with van der Waals surface area (Å²) in [4.78, 5) is 1.94. The summed E-state index contributed by atoms with van der Waals surface area (Å²) < 4.78 is 27.7. The Kier molecular flexibility index (Phi) is 3.51. The van der Waals surface area contributed by atoms with Gasteiger partial charge in [-0.3, -0.25) is 0 Å². The third kappa shape index (κ3) is 1.94. The van der Waals surface area contributed by atoms with Gasteiger partial charge in [0.2, 0.25) is 0 Å². The van der Waals surface area contributed by atoms with Gasteiger partial charge >= 0.3 is 0 Å². The Hall–Kier alpha value is -1.63. The highest BCUT2D eigenvalue weighted by molar-refractivity contribution is 5.54. The van der Waals surface area contributed by atoms with Gasteiger partial charge in [-0.2, -0.15) is 5.26 Å². The van der Waals surface area contributed by atoms with E-state index in [4.69, 9.17) is 5.26 Å². The molecule has 4 heteroatoms. The lowest BCUT2D eigenvalue weighted by Crippen LogP contribution is -2.35. The van der Waals surface area contributed by atoms with Crippen LogP contribution in [0.4, 0.5) is 14.5 Å². The van der Waals surface area contributed by atoms with Crippen LogP contribution < -0.4 is 4.90 Å². The molecule has 2 atom stereocenters. The minimum Gasteiger partial charge on any atom is -0.363 e. The molecular weight excluding hydrogens is 234 g/mol. The summed E-state index contributed by atoms with van der Waals surface area (Å²) in [6.07, 6.45) is 2.89. The van der Waals surface area contributed by atoms with Crippen LogP contribution in [0.1, 0.15) is 38.7 Å². The summed E-state index contributed by atoms with van der Waals surface area (Å²) in [5.41, 5.74) is 0.0412. The average molecular weight is 250 g/mol. The van der Waals surface area contributed by atoms with Gasteiger partial charge in [0.25, 0.3) is 0 Å². The van der Waals surface area contributed by atoms with Gasteiger partial charge in [-0.05, 0) is 38.3 Å². The first-order valence-electron chi connectivity index (χ1n) is 6.26. The number of benzene rings is 1. The molecule has 1 saturated heterocycles. The molecule has 0 amide bonds. The molecule has 0 spiro atoms. The van der Waals surface area contributed by atoms with Crippen molar-refractivity contribution in [2.45, 2.75) is 45.2 Å². The Morgan fingerprint density at radius 3 is 2.67 bits per heavy atom. The smallest absolute Gasteiger partial charge is 0.183 e. The largest absolute Gasteiger partial charge is 0.363 e. The van der Waals surface area contributed by atoms with E-state index in [0.717, 1.165) is 19.3 Å². The van der Waals surface area contributed by atoms with E-state index in [1.165, 1.54) is 12.1 Å². The molecule has 1 heterocycles. The number of nitrogens with zero attached hydrogens (tertiary/aromatic N) is 2. The van der Waals surface area contributed by atoms with E-state index in [1.54, 1.807) is 6.07 Å². The second kappa shape index (κ2) is 4.93. The Morgan fingerprint density at radius 1 is 1.33 bits per heavy atom. The lowest BCUT2D eigenvalue weighted by Gasteiger charge is -2.30. The van der Waals surface area contributed by atoms with E-state index in [0.29, 0.717) is 0 Å². The molecule has 96 valence electrons. The molecule has 1 fully saturated rings. The molecule has 2 unspecified atom stereocenters. The summed E-state index contributed by atoms with van der Waals surface area (Å²) in [5.74, 6) is -1.94. The number of halogens is 2. The monoisotopic (exact) mass is 250 g/mol. The minimum absolute atomic E-state index is 0.205. The van der Waals surface area contributed by atoms with Gasteiger partial charge in [-0.1, -0.05) is 6.92 Å². The molecule has 1 aliphatic rings. The molecular formula is C14H16F2N2. The number of hydrogen-bond donors (Lipinski definition) is 0. The van der Waals surface area contributed by atoms with E-state index < -0.39 is 11.6 Å². The lowest BCUT2D eigenvalue weighted by molar-refractivity contribution is 0.497. The molecule has 0 N–H and O–H groups in total. The topological polar surface area (TPSA) is 27.0 Å². The first kappa shape index (κ1) is 12.8. The summed E-state index contributed by atoms with van der Waals surface area (Å²) in [6, 6.07) is 4.98. The second-order valence-corrected chi connectivity index (χ2v) is 4.77. The SMILES string of the molecule is CCC1CCC(C)N1c1ccc(C#N)c(F)c1F. The van der Waals surface area contributed by atoms with Crippen LogP contribution in [-0.4, -0.2) is 12.1 Å². The Labute approximate surface area is 106 Å². The maximum absolute atomic E-state index is 14.0. The van der Waals surface area contributed by atoms with Crippen LogP contribution in [-0.2, 0) is 0 Å². The number of rotatable bonds is 2. The van der Waals surface area contributed by atoms with Crippen molar-refractivity contribution < 1.29 is 8.78 Å². The fraction of sp³-hybridized carbons (Fsp3) is 0.500. The number of anilines is 1. The first-order chi connectivity index (χ1) is 8.60. The maximum atomic E-state index is 14.0. The van der Waals surface area contributed by atoms with E-state index >= 15 is 0 Å². The van der Waals surface area contributed by atoms with E-state index in [9.17, 15) is 8.78 Å². The van der Waals surface area contributed by atoms with Gasteiger partial charge in [-0.15, -0.1) is 0 Å². The van der Waals surface area contributed by atoms with Crippen molar-refractivity contribution in [3.8, 4) is 6.07 Å². The predicted molar refractivity (Wildman–Crippen MR) is 66.3 cm³/mol. The predicted octanol–water partition coefficient (Wildman–Crippen LogP) is 3.60. The van der Waals surface area contributed by atoms with E-state index in [-0.39, 0.29) is 23.3 Å². The van der Waals surface area contributed by atoms with Crippen LogP contribution in [0, 0.1) is 23.0 Å². The van der Waals surface area contributed by atoms with Gasteiger partial charge in [0.05, 0.1) is 11.3 Å². The molecule has 2 rings (SSSR count). The fourth-order valence-corrected chi connectivity index (χ4v) is 2.73. The van der Waals surface area contributed by atoms with Crippen molar-refractivity contribution in [2.24, 2.45) is 0 Å². The first-order valence-corrected chi connectivity index (χ1v) is 6.26. The second-order valence-electron chi connectivity index (χ2n) is 4.77. The molecule has 0 aliphatic carbocycles. The highest BCUT2D eigenvalue weighted by atomic mass is 19.2. The molecule has 2 nitrogen and oxygen atoms in total. The molecule has 18 heavy (non-hydrogen) atoms. The highest BCUT2D eigenvalue weighted by Crippen LogP contribution is 2.34. The normalized spacial score (nSPS) is 23.2. The zero-order valence-electron chi connectivity index (χ0n) is 10.6. The standard InChI is InChI=1S/C14H16F2N2/c1-3-11-6-4-9(2)18(11)12-7-5-10(8-17)13(15)14(12)16/h5,7,9,11H,3-4,6H2,1-2H3. The van der Waals surface area contributed by atoms with Crippen LogP contribution in [0.15, 0.2) is 12.1 Å². The van der Waals surface area contributed by atoms with Crippen molar-refractivity contribution in [3.05, 3.63) is 29.3 Å². The van der Waals surface area contributed by atoms with Gasteiger partial charge in [0, 0.05) is 12.1 Å². The zero-order valence-corrected chi connectivity index (χ0v) is 10.6. The Balaban J connectivity index is 2.45. The molecule has 0 bridgehead atoms. The third-order valence-corrected chi connectivity index (χ3v) is 3.72. The summed E-state index contributed by atoms with van der Waals surface area (Å²) in [6.45, 7) is 4.07. The van der Waals surface area contributed by atoms with Crippen LogP contribution in [0.2, 0.25) is 0 Å². The Morgan fingerprint density at radius 2 is 2.06 bits per heavy atom. The summed E-state index contributed by atoms with van der Waals surface area (Å²) in [7, 11) is 0. The van der Waals surface area contributed by atoms with E-state index in [2.05, 4.69) is 0 Å². The fourth-order valence-electron chi connectivity index (χ4n) is 2.73. The third-order valence-electron chi connectivity index (χ3n) is 3.72. The van der Waals surface area contributed by atoms with Gasteiger partial charge in [0.1, 0.15) is 6.07 Å². The molecule has 0 aromatic heterocycles. The molecule has 1 aliphatic heterocycles. The zero-order chi connectivity index (χ0) is 13.3. The quantitative estimate of drug-likeness (QED) is 0.801. The number of nitriles is 1. The van der Waals surface area contributed by atoms with Crippen molar-refractivity contribution >= 4 is 5.69 Å². The van der Waals surface area contributed by atoms with Crippen molar-refractivity contribution in [1.82, 2.24) is 0 Å². The molecule has 1 aromatic carbocycles. The highest BCUT2D eigenvalue weighted by Gasteiger charge is 2.32. The molecule has 1 aromatic rings. The summed E-state index contributed by atoms with van der Waals surface area (Å²) >= 11 is 0. The average Bonchev–Trinajstić information content (AvgIpc) is 2.74. The van der Waals surface area contributed by atoms with Gasteiger partial charge in [0.15, 0.2) is 11.6 Å². The van der Waals surface area contributed by atoms with Crippen molar-refractivity contribution in [2.75, 3.05) is 4.90 Å². The van der Waals surface area contributed by atoms with E-state index in [1.807, 2.05) is 18.7 Å². The number of hydrogen-bond acceptors (Lipinski definition) is 2. The molecule has 0 saturated carbocycles. The van der Waals surface area contributed by atoms with Gasteiger partial charge < -0.3 is 4.90 Å². The molecule has 0 radical (unpaired) electrons. The van der Waals surface area contributed by atoms with Crippen LogP contribution in [0.5, 0.6) is 0 Å². The van der Waals surface area contributed by atoms with Crippen LogP contribution in [0.3, 0.4) is 0 Å². The minimum atomic E-state index is -1.04. The lowest BCUT2D eigenvalue weighted by atomic mass is 10.1. The van der Waals surface area contributed by atoms with Crippen LogP contribution >= 0.6 is 0 Å². The van der Waals surface area contributed by atoms with Crippen molar-refractivity contribution in [3.63, 3.8) is 0 Å².